The molecular formula is C24H24O12. The molecule has 0 saturated heterocycles. The van der Waals surface area contributed by atoms with Crippen LogP contribution in [-0.4, -0.2) is 66.5 Å². The van der Waals surface area contributed by atoms with E-state index in [0.29, 0.717) is 36.0 Å². The Morgan fingerprint density at radius 2 is 0.778 bits per heavy atom. The van der Waals surface area contributed by atoms with Crippen LogP contribution in [0.1, 0.15) is 99.6 Å². The van der Waals surface area contributed by atoms with Gasteiger partial charge in [-0.2, -0.15) is 0 Å². The fourth-order valence-electron chi connectivity index (χ4n) is 3.94. The van der Waals surface area contributed by atoms with Gasteiger partial charge in [0.05, 0.1) is 33.4 Å². The molecular weight excluding hydrogens is 480 g/mol. The Balaban J connectivity index is 0.000000381. The molecule has 0 atom stereocenters. The van der Waals surface area contributed by atoms with Crippen LogP contribution >= 0.6 is 0 Å². The van der Waals surface area contributed by atoms with E-state index in [4.69, 9.17) is 15.3 Å². The molecule has 6 N–H and O–H groups in total. The third kappa shape index (κ3) is 5.84. The van der Waals surface area contributed by atoms with E-state index in [1.54, 1.807) is 20.8 Å². The Morgan fingerprint density at radius 1 is 0.472 bits per heavy atom. The van der Waals surface area contributed by atoms with Crippen LogP contribution in [0.25, 0.3) is 0 Å². The lowest BCUT2D eigenvalue weighted by molar-refractivity contribution is 0.0631. The predicted molar refractivity (Wildman–Crippen MR) is 123 cm³/mol. The second kappa shape index (κ2) is 12.1. The van der Waals surface area contributed by atoms with Gasteiger partial charge in [0.2, 0.25) is 0 Å². The molecule has 2 aromatic carbocycles. The maximum atomic E-state index is 11.5. The Bertz CT molecular complexity index is 1180. The van der Waals surface area contributed by atoms with Gasteiger partial charge in [-0.25, -0.2) is 28.8 Å². The monoisotopic (exact) mass is 504 g/mol. The molecule has 2 rings (SSSR count). The maximum Gasteiger partial charge on any atom is 0.337 e. The molecule has 0 aliphatic carbocycles. The summed E-state index contributed by atoms with van der Waals surface area (Å²) in [5.74, 6) is -8.89. The molecule has 2 aromatic rings. The second-order valence-corrected chi connectivity index (χ2v) is 7.18. The van der Waals surface area contributed by atoms with Crippen molar-refractivity contribution in [3.05, 3.63) is 68.3 Å². The zero-order chi connectivity index (χ0) is 27.9. The zero-order valence-corrected chi connectivity index (χ0v) is 19.5. The minimum absolute atomic E-state index is 0.331. The van der Waals surface area contributed by atoms with Gasteiger partial charge in [-0.05, 0) is 48.1 Å². The summed E-state index contributed by atoms with van der Waals surface area (Å²) < 4.78 is 0. The average Bonchev–Trinajstić information content (AvgIpc) is 2.81. The molecule has 0 heterocycles. The van der Waals surface area contributed by atoms with Gasteiger partial charge in [-0.3, -0.25) is 0 Å². The summed E-state index contributed by atoms with van der Waals surface area (Å²) in [6.07, 6.45) is 1.11. The largest absolute Gasteiger partial charge is 0.478 e. The summed E-state index contributed by atoms with van der Waals surface area (Å²) in [4.78, 5) is 66.5. The van der Waals surface area contributed by atoms with Crippen LogP contribution in [0, 0.1) is 0 Å². The Labute approximate surface area is 204 Å². The van der Waals surface area contributed by atoms with Gasteiger partial charge >= 0.3 is 35.8 Å². The number of hydrogen-bond acceptors (Lipinski definition) is 6. The summed E-state index contributed by atoms with van der Waals surface area (Å²) in [6, 6.07) is 3.26. The van der Waals surface area contributed by atoms with E-state index in [1.807, 2.05) is 0 Å². The second-order valence-electron chi connectivity index (χ2n) is 7.18. The first-order valence-electron chi connectivity index (χ1n) is 10.5. The molecule has 0 spiro atoms. The molecule has 0 radical (unpaired) electrons. The van der Waals surface area contributed by atoms with Crippen LogP contribution in [0.3, 0.4) is 0 Å². The van der Waals surface area contributed by atoms with Crippen molar-refractivity contribution in [2.45, 2.75) is 40.0 Å². The summed E-state index contributed by atoms with van der Waals surface area (Å²) >= 11 is 0. The SMILES string of the molecule is CCc1c(CC)c(C(=O)O)c(C(=O)O)c(C(=O)O)c1CC.O=C(O)c1cccc(C(=O)O)c1C(=O)O. The molecule has 0 aliphatic rings. The number of hydrogen-bond donors (Lipinski definition) is 6. The topological polar surface area (TPSA) is 224 Å². The first kappa shape index (κ1) is 29.3. The third-order valence-electron chi connectivity index (χ3n) is 5.27. The van der Waals surface area contributed by atoms with E-state index >= 15 is 0 Å². The standard InChI is InChI=1S/C15H18O6.C9H6O6/c1-4-7-8(5-2)10(13(16)17)12(15(20)21)11(14(18)19)9(7)6-3;10-7(11)4-2-1-3-5(8(12)13)6(4)9(14)15/h4-6H2,1-3H3,(H,16,17)(H,18,19)(H,20,21);1-3H,(H,10,11)(H,12,13)(H,14,15). The van der Waals surface area contributed by atoms with Crippen LogP contribution in [0.15, 0.2) is 18.2 Å². The van der Waals surface area contributed by atoms with Gasteiger partial charge < -0.3 is 30.6 Å². The lowest BCUT2D eigenvalue weighted by Crippen LogP contribution is -2.22. The number of carboxylic acid groups (broad SMARTS) is 6. The Morgan fingerprint density at radius 3 is 1.00 bits per heavy atom. The average molecular weight is 504 g/mol. The van der Waals surface area contributed by atoms with Crippen LogP contribution in [-0.2, 0) is 19.3 Å². The Kier molecular flexibility index (Phi) is 9.85. The predicted octanol–water partition coefficient (Wildman–Crippen LogP) is 3.25. The summed E-state index contributed by atoms with van der Waals surface area (Å²) in [7, 11) is 0. The summed E-state index contributed by atoms with van der Waals surface area (Å²) in [5, 5.41) is 54.1. The van der Waals surface area contributed by atoms with Gasteiger partial charge in [0.1, 0.15) is 0 Å². The summed E-state index contributed by atoms with van der Waals surface area (Å²) in [5.41, 5.74) is -1.79. The van der Waals surface area contributed by atoms with Gasteiger partial charge in [0, 0.05) is 0 Å². The highest BCUT2D eigenvalue weighted by molar-refractivity contribution is 6.11. The van der Waals surface area contributed by atoms with Crippen molar-refractivity contribution in [3.63, 3.8) is 0 Å². The zero-order valence-electron chi connectivity index (χ0n) is 19.5. The molecule has 192 valence electrons. The molecule has 0 saturated carbocycles. The van der Waals surface area contributed by atoms with E-state index in [-0.39, 0.29) is 0 Å². The van der Waals surface area contributed by atoms with Gasteiger partial charge in [-0.1, -0.05) is 26.8 Å². The van der Waals surface area contributed by atoms with Crippen molar-refractivity contribution < 1.29 is 59.4 Å². The number of aromatic carboxylic acids is 6. The molecule has 12 heteroatoms. The highest BCUT2D eigenvalue weighted by Crippen LogP contribution is 2.30. The lowest BCUT2D eigenvalue weighted by Gasteiger charge is -2.20. The third-order valence-corrected chi connectivity index (χ3v) is 5.27. The van der Waals surface area contributed by atoms with Crippen molar-refractivity contribution in [2.24, 2.45) is 0 Å². The van der Waals surface area contributed by atoms with Crippen molar-refractivity contribution in [3.8, 4) is 0 Å². The first-order valence-corrected chi connectivity index (χ1v) is 10.5. The van der Waals surface area contributed by atoms with E-state index in [9.17, 15) is 44.1 Å². The fraction of sp³-hybridized carbons (Fsp3) is 0.250. The van der Waals surface area contributed by atoms with Crippen molar-refractivity contribution in [1.29, 1.82) is 0 Å². The smallest absolute Gasteiger partial charge is 0.337 e. The molecule has 0 fully saturated rings. The lowest BCUT2D eigenvalue weighted by atomic mass is 9.83. The molecule has 0 unspecified atom stereocenters. The molecule has 0 aromatic heterocycles. The van der Waals surface area contributed by atoms with E-state index in [0.717, 1.165) is 12.1 Å². The van der Waals surface area contributed by atoms with E-state index in [2.05, 4.69) is 0 Å². The van der Waals surface area contributed by atoms with Crippen LogP contribution in [0.4, 0.5) is 0 Å². The van der Waals surface area contributed by atoms with Crippen LogP contribution in [0.2, 0.25) is 0 Å². The molecule has 0 amide bonds. The van der Waals surface area contributed by atoms with Crippen molar-refractivity contribution in [1.82, 2.24) is 0 Å². The van der Waals surface area contributed by atoms with Crippen LogP contribution < -0.4 is 0 Å². The van der Waals surface area contributed by atoms with E-state index in [1.165, 1.54) is 6.07 Å². The highest BCUT2D eigenvalue weighted by Gasteiger charge is 2.31. The minimum atomic E-state index is -1.58. The minimum Gasteiger partial charge on any atom is -0.478 e. The van der Waals surface area contributed by atoms with Gasteiger partial charge in [0.25, 0.3) is 0 Å². The fourth-order valence-corrected chi connectivity index (χ4v) is 3.94. The molecule has 0 bridgehead atoms. The van der Waals surface area contributed by atoms with E-state index < -0.39 is 69.2 Å². The highest BCUT2D eigenvalue weighted by atomic mass is 16.4. The first-order chi connectivity index (χ1) is 16.8. The molecule has 0 aliphatic heterocycles. The van der Waals surface area contributed by atoms with Crippen molar-refractivity contribution >= 4 is 35.8 Å². The number of carbonyl (C=O) groups is 6. The van der Waals surface area contributed by atoms with Crippen LogP contribution in [0.5, 0.6) is 0 Å². The molecule has 36 heavy (non-hydrogen) atoms. The number of carboxylic acids is 6. The quantitative estimate of drug-likeness (QED) is 0.289. The normalized spacial score (nSPS) is 10.1. The summed E-state index contributed by atoms with van der Waals surface area (Å²) in [6.45, 7) is 5.25. The Hall–Kier alpha value is -4.74. The van der Waals surface area contributed by atoms with Gasteiger partial charge in [0.15, 0.2) is 0 Å². The number of benzene rings is 2. The number of rotatable bonds is 9. The molecule has 12 nitrogen and oxygen atoms in total. The van der Waals surface area contributed by atoms with Crippen molar-refractivity contribution in [2.75, 3.05) is 0 Å². The van der Waals surface area contributed by atoms with Gasteiger partial charge in [-0.15, -0.1) is 0 Å². The maximum absolute atomic E-state index is 11.5.